The minimum Gasteiger partial charge on any atom is -0.454 e. The van der Waals surface area contributed by atoms with Crippen LogP contribution in [0.4, 0.5) is 0 Å². The van der Waals surface area contributed by atoms with Gasteiger partial charge in [0.1, 0.15) is 0 Å². The quantitative estimate of drug-likeness (QED) is 0.528. The molecule has 29 heavy (non-hydrogen) atoms. The lowest BCUT2D eigenvalue weighted by Crippen LogP contribution is -2.37. The van der Waals surface area contributed by atoms with Crippen LogP contribution < -0.4 is 20.1 Å². The molecule has 0 radical (unpaired) electrons. The number of guanidine groups is 1. The van der Waals surface area contributed by atoms with Crippen molar-refractivity contribution < 1.29 is 9.47 Å². The van der Waals surface area contributed by atoms with E-state index in [4.69, 9.17) is 14.5 Å². The number of nitrogens with one attached hydrogen (secondary N) is 2. The molecule has 2 aromatic carbocycles. The zero-order valence-electron chi connectivity index (χ0n) is 17.9. The standard InChI is InChI=1S/C23H32N4O2/c1-5-24-23(25-13-18-10-11-21-22(12-18)29-16-28-21)26-14-19-8-6-7-9-20(19)15-27(4)17(2)3/h6-12,17H,5,13-16H2,1-4H3,(H2,24,25,26). The Hall–Kier alpha value is -2.73. The third kappa shape index (κ3) is 5.87. The van der Waals surface area contributed by atoms with E-state index in [0.29, 0.717) is 12.6 Å². The molecule has 6 nitrogen and oxygen atoms in total. The summed E-state index contributed by atoms with van der Waals surface area (Å²) < 4.78 is 10.8. The average molecular weight is 397 g/mol. The molecular formula is C23H32N4O2. The summed E-state index contributed by atoms with van der Waals surface area (Å²) in [6.07, 6.45) is 0. The van der Waals surface area contributed by atoms with E-state index in [0.717, 1.165) is 42.7 Å². The van der Waals surface area contributed by atoms with Gasteiger partial charge in [-0.1, -0.05) is 30.3 Å². The molecule has 0 bridgehead atoms. The molecule has 0 saturated heterocycles. The van der Waals surface area contributed by atoms with Gasteiger partial charge in [0.25, 0.3) is 0 Å². The molecule has 1 aliphatic rings. The zero-order valence-corrected chi connectivity index (χ0v) is 17.9. The topological polar surface area (TPSA) is 58.1 Å². The van der Waals surface area contributed by atoms with Gasteiger partial charge in [-0.05, 0) is 56.6 Å². The predicted molar refractivity (Wildman–Crippen MR) is 117 cm³/mol. The van der Waals surface area contributed by atoms with Gasteiger partial charge < -0.3 is 20.1 Å². The number of ether oxygens (including phenoxy) is 2. The molecule has 2 aromatic rings. The van der Waals surface area contributed by atoms with Crippen LogP contribution in [0.5, 0.6) is 11.5 Å². The Morgan fingerprint density at radius 3 is 2.59 bits per heavy atom. The van der Waals surface area contributed by atoms with Crippen molar-refractivity contribution in [3.05, 3.63) is 59.2 Å². The van der Waals surface area contributed by atoms with Gasteiger partial charge in [-0.2, -0.15) is 0 Å². The van der Waals surface area contributed by atoms with E-state index in [2.05, 4.69) is 67.6 Å². The van der Waals surface area contributed by atoms with Crippen LogP contribution >= 0.6 is 0 Å². The number of hydrogen-bond acceptors (Lipinski definition) is 4. The van der Waals surface area contributed by atoms with Gasteiger partial charge in [-0.3, -0.25) is 4.90 Å². The monoisotopic (exact) mass is 396 g/mol. The molecule has 1 heterocycles. The Morgan fingerprint density at radius 1 is 1.07 bits per heavy atom. The van der Waals surface area contributed by atoms with E-state index in [1.54, 1.807) is 0 Å². The number of aliphatic imine (C=N–C) groups is 1. The molecule has 6 heteroatoms. The van der Waals surface area contributed by atoms with E-state index in [9.17, 15) is 0 Å². The van der Waals surface area contributed by atoms with Gasteiger partial charge in [0.2, 0.25) is 6.79 Å². The maximum absolute atomic E-state index is 5.45. The summed E-state index contributed by atoms with van der Waals surface area (Å²) in [4.78, 5) is 7.08. The molecule has 0 saturated carbocycles. The minimum absolute atomic E-state index is 0.289. The highest BCUT2D eigenvalue weighted by Crippen LogP contribution is 2.32. The third-order valence-corrected chi connectivity index (χ3v) is 5.07. The number of benzene rings is 2. The minimum atomic E-state index is 0.289. The Bertz CT molecular complexity index is 835. The fraction of sp³-hybridized carbons (Fsp3) is 0.435. The summed E-state index contributed by atoms with van der Waals surface area (Å²) in [6, 6.07) is 15.0. The first kappa shape index (κ1) is 21.0. The average Bonchev–Trinajstić information content (AvgIpc) is 3.18. The fourth-order valence-corrected chi connectivity index (χ4v) is 3.07. The van der Waals surface area contributed by atoms with Gasteiger partial charge in [-0.15, -0.1) is 0 Å². The van der Waals surface area contributed by atoms with Gasteiger partial charge >= 0.3 is 0 Å². The predicted octanol–water partition coefficient (Wildman–Crippen LogP) is 3.51. The van der Waals surface area contributed by atoms with Crippen molar-refractivity contribution in [1.29, 1.82) is 0 Å². The number of rotatable bonds is 8. The van der Waals surface area contributed by atoms with Crippen molar-refractivity contribution in [3.63, 3.8) is 0 Å². The van der Waals surface area contributed by atoms with E-state index < -0.39 is 0 Å². The third-order valence-electron chi connectivity index (χ3n) is 5.07. The highest BCUT2D eigenvalue weighted by atomic mass is 16.7. The maximum atomic E-state index is 5.45. The second-order valence-corrected chi connectivity index (χ2v) is 7.51. The van der Waals surface area contributed by atoms with Crippen LogP contribution in [0.25, 0.3) is 0 Å². The summed E-state index contributed by atoms with van der Waals surface area (Å²) in [5.41, 5.74) is 3.71. The normalized spacial score (nSPS) is 13.2. The van der Waals surface area contributed by atoms with E-state index in [-0.39, 0.29) is 6.79 Å². The van der Waals surface area contributed by atoms with Crippen LogP contribution in [0.1, 0.15) is 37.5 Å². The Labute approximate surface area is 173 Å². The van der Waals surface area contributed by atoms with E-state index >= 15 is 0 Å². The van der Waals surface area contributed by atoms with Crippen LogP contribution in [-0.4, -0.2) is 37.3 Å². The summed E-state index contributed by atoms with van der Waals surface area (Å²) in [7, 11) is 2.16. The summed E-state index contributed by atoms with van der Waals surface area (Å²) in [5, 5.41) is 6.79. The van der Waals surface area contributed by atoms with Crippen LogP contribution in [0.3, 0.4) is 0 Å². The lowest BCUT2D eigenvalue weighted by Gasteiger charge is -2.23. The van der Waals surface area contributed by atoms with Crippen molar-refractivity contribution in [2.24, 2.45) is 4.99 Å². The summed E-state index contributed by atoms with van der Waals surface area (Å²) in [5.74, 6) is 2.39. The largest absolute Gasteiger partial charge is 0.454 e. The van der Waals surface area contributed by atoms with E-state index in [1.165, 1.54) is 11.1 Å². The van der Waals surface area contributed by atoms with Gasteiger partial charge in [0.15, 0.2) is 17.5 Å². The molecule has 0 fully saturated rings. The fourth-order valence-electron chi connectivity index (χ4n) is 3.07. The van der Waals surface area contributed by atoms with Crippen LogP contribution in [-0.2, 0) is 19.6 Å². The molecule has 0 spiro atoms. The van der Waals surface area contributed by atoms with Crippen molar-refractivity contribution in [1.82, 2.24) is 15.5 Å². The van der Waals surface area contributed by atoms with Gasteiger partial charge in [0.05, 0.1) is 6.54 Å². The van der Waals surface area contributed by atoms with Gasteiger partial charge in [-0.25, -0.2) is 4.99 Å². The second-order valence-electron chi connectivity index (χ2n) is 7.51. The SMILES string of the molecule is CCNC(=NCc1ccc2c(c1)OCO2)NCc1ccccc1CN(C)C(C)C. The second kappa shape index (κ2) is 10.2. The first-order valence-corrected chi connectivity index (χ1v) is 10.2. The van der Waals surface area contributed by atoms with Crippen molar-refractivity contribution in [3.8, 4) is 11.5 Å². The number of nitrogens with zero attached hydrogens (tertiary/aromatic N) is 2. The first-order chi connectivity index (χ1) is 14.1. The summed E-state index contributed by atoms with van der Waals surface area (Å²) >= 11 is 0. The molecule has 0 amide bonds. The van der Waals surface area contributed by atoms with E-state index in [1.807, 2.05) is 18.2 Å². The molecule has 0 aromatic heterocycles. The van der Waals surface area contributed by atoms with Crippen molar-refractivity contribution in [2.75, 3.05) is 20.4 Å². The lowest BCUT2D eigenvalue weighted by molar-refractivity contribution is 0.174. The van der Waals surface area contributed by atoms with Crippen LogP contribution in [0.15, 0.2) is 47.5 Å². The zero-order chi connectivity index (χ0) is 20.6. The lowest BCUT2D eigenvalue weighted by atomic mass is 10.1. The highest BCUT2D eigenvalue weighted by molar-refractivity contribution is 5.79. The molecule has 0 unspecified atom stereocenters. The number of fused-ring (bicyclic) bond motifs is 1. The smallest absolute Gasteiger partial charge is 0.231 e. The molecule has 3 rings (SSSR count). The molecular weight excluding hydrogens is 364 g/mol. The van der Waals surface area contributed by atoms with Crippen LogP contribution in [0, 0.1) is 0 Å². The maximum Gasteiger partial charge on any atom is 0.231 e. The van der Waals surface area contributed by atoms with Gasteiger partial charge in [0, 0.05) is 25.7 Å². The number of hydrogen-bond donors (Lipinski definition) is 2. The molecule has 156 valence electrons. The summed E-state index contributed by atoms with van der Waals surface area (Å²) in [6.45, 7) is 9.84. The molecule has 0 atom stereocenters. The van der Waals surface area contributed by atoms with Crippen molar-refractivity contribution >= 4 is 5.96 Å². The molecule has 1 aliphatic heterocycles. The Balaban J connectivity index is 1.64. The Morgan fingerprint density at radius 2 is 1.83 bits per heavy atom. The highest BCUT2D eigenvalue weighted by Gasteiger charge is 2.13. The first-order valence-electron chi connectivity index (χ1n) is 10.2. The molecule has 0 aliphatic carbocycles. The van der Waals surface area contributed by atoms with Crippen LogP contribution in [0.2, 0.25) is 0 Å². The molecule has 2 N–H and O–H groups in total. The Kier molecular flexibility index (Phi) is 7.36. The van der Waals surface area contributed by atoms with Crippen molar-refractivity contribution in [2.45, 2.75) is 46.4 Å².